The van der Waals surface area contributed by atoms with Gasteiger partial charge in [-0.3, -0.25) is 4.79 Å². The summed E-state index contributed by atoms with van der Waals surface area (Å²) in [6.45, 7) is 3.23. The summed E-state index contributed by atoms with van der Waals surface area (Å²) in [6.07, 6.45) is -6.18. The number of carbonyl (C=O) groups is 1. The summed E-state index contributed by atoms with van der Waals surface area (Å²) in [5.74, 6) is -0.464. The molecule has 6 heteroatoms. The summed E-state index contributed by atoms with van der Waals surface area (Å²) in [5.41, 5.74) is 0.0436. The molecule has 3 nitrogen and oxygen atoms in total. The molecule has 1 atom stereocenters. The number of aliphatic hydroxyl groups is 1. The van der Waals surface area contributed by atoms with Crippen molar-refractivity contribution in [3.8, 4) is 0 Å². The molecule has 92 valence electrons. The molecule has 17 heavy (non-hydrogen) atoms. The third-order valence-electron chi connectivity index (χ3n) is 1.99. The number of alkyl halides is 3. The Kier molecular flexibility index (Phi) is 3.90. The molecule has 1 rings (SSSR count). The van der Waals surface area contributed by atoms with Gasteiger partial charge in [0.25, 0.3) is 0 Å². The van der Waals surface area contributed by atoms with Gasteiger partial charge in [-0.25, -0.2) is 0 Å². The van der Waals surface area contributed by atoms with E-state index in [1.807, 2.05) is 0 Å². The van der Waals surface area contributed by atoms with Crippen molar-refractivity contribution in [2.75, 3.05) is 5.32 Å². The Balaban J connectivity index is 2.81. The third kappa shape index (κ3) is 3.60. The van der Waals surface area contributed by atoms with E-state index in [-0.39, 0.29) is 5.56 Å². The fraction of sp³-hybridized carbons (Fsp3) is 0.182. The van der Waals surface area contributed by atoms with Crippen LogP contribution in [0.15, 0.2) is 36.9 Å². The molecular weight excluding hydrogens is 235 g/mol. The first-order valence-electron chi connectivity index (χ1n) is 4.62. The largest absolute Gasteiger partial charge is 0.418 e. The van der Waals surface area contributed by atoms with E-state index in [1.165, 1.54) is 12.1 Å². The molecule has 0 heterocycles. The highest BCUT2D eigenvalue weighted by Gasteiger charge is 2.39. The molecule has 2 N–H and O–H groups in total. The number of aliphatic hydroxyl groups excluding tert-OH is 1. The average molecular weight is 245 g/mol. The predicted octanol–water partition coefficient (Wildman–Crippen LogP) is 2.41. The van der Waals surface area contributed by atoms with Crippen LogP contribution in [0.1, 0.15) is 11.7 Å². The second kappa shape index (κ2) is 5.01. The number of hydrogen-bond acceptors (Lipinski definition) is 2. The van der Waals surface area contributed by atoms with Gasteiger partial charge in [0, 0.05) is 5.69 Å². The van der Waals surface area contributed by atoms with Gasteiger partial charge >= 0.3 is 6.18 Å². The van der Waals surface area contributed by atoms with Crippen LogP contribution in [-0.2, 0) is 4.79 Å². The molecule has 0 spiro atoms. The Morgan fingerprint density at radius 3 is 2.29 bits per heavy atom. The maximum absolute atomic E-state index is 12.2. The Bertz CT molecular complexity index is 412. The lowest BCUT2D eigenvalue weighted by Crippen LogP contribution is -2.20. The molecule has 1 aromatic rings. The quantitative estimate of drug-likeness (QED) is 0.803. The van der Waals surface area contributed by atoms with Gasteiger partial charge in [0.2, 0.25) is 5.91 Å². The average Bonchev–Trinajstić information content (AvgIpc) is 2.27. The lowest BCUT2D eigenvalue weighted by Gasteiger charge is -2.15. The Morgan fingerprint density at radius 1 is 1.35 bits per heavy atom. The Morgan fingerprint density at radius 2 is 1.88 bits per heavy atom. The minimum Gasteiger partial charge on any atom is -0.379 e. The number of hydrogen-bond donors (Lipinski definition) is 2. The van der Waals surface area contributed by atoms with Crippen molar-refractivity contribution < 1.29 is 23.1 Å². The first-order chi connectivity index (χ1) is 7.84. The van der Waals surface area contributed by atoms with E-state index in [2.05, 4.69) is 11.9 Å². The molecule has 0 fully saturated rings. The first kappa shape index (κ1) is 13.2. The third-order valence-corrected chi connectivity index (χ3v) is 1.99. The number of carbonyl (C=O) groups excluding carboxylic acids is 1. The van der Waals surface area contributed by atoms with Crippen molar-refractivity contribution in [3.63, 3.8) is 0 Å². The molecule has 0 aromatic heterocycles. The maximum Gasteiger partial charge on any atom is 0.418 e. The van der Waals surface area contributed by atoms with Crippen LogP contribution in [0.4, 0.5) is 18.9 Å². The zero-order valence-corrected chi connectivity index (χ0v) is 8.66. The number of halogens is 3. The molecule has 0 radical (unpaired) electrons. The molecule has 0 aliphatic carbocycles. The fourth-order valence-corrected chi connectivity index (χ4v) is 1.13. The van der Waals surface area contributed by atoms with Crippen LogP contribution in [0.3, 0.4) is 0 Å². The first-order valence-corrected chi connectivity index (χ1v) is 4.62. The molecule has 0 bridgehead atoms. The maximum atomic E-state index is 12.2. The highest BCUT2D eigenvalue weighted by atomic mass is 19.4. The second-order valence-electron chi connectivity index (χ2n) is 3.26. The Labute approximate surface area is 95.6 Å². The highest BCUT2D eigenvalue weighted by Crippen LogP contribution is 2.32. The van der Waals surface area contributed by atoms with Gasteiger partial charge in [0.1, 0.15) is 0 Å². The number of amides is 1. The van der Waals surface area contributed by atoms with Gasteiger partial charge in [-0.05, 0) is 23.8 Å². The number of rotatable bonds is 3. The van der Waals surface area contributed by atoms with E-state index in [0.717, 1.165) is 18.2 Å². The van der Waals surface area contributed by atoms with Crippen LogP contribution in [0.25, 0.3) is 0 Å². The van der Waals surface area contributed by atoms with E-state index < -0.39 is 18.2 Å². The van der Waals surface area contributed by atoms with Crippen LogP contribution >= 0.6 is 0 Å². The number of benzene rings is 1. The monoisotopic (exact) mass is 245 g/mol. The Hall–Kier alpha value is -1.82. The summed E-state index contributed by atoms with van der Waals surface area (Å²) in [5, 5.41) is 11.3. The van der Waals surface area contributed by atoms with Gasteiger partial charge in [-0.2, -0.15) is 13.2 Å². The fourth-order valence-electron chi connectivity index (χ4n) is 1.13. The minimum atomic E-state index is -4.70. The molecule has 1 aromatic carbocycles. The van der Waals surface area contributed by atoms with Gasteiger partial charge in [-0.1, -0.05) is 18.7 Å². The lowest BCUT2D eigenvalue weighted by molar-refractivity contribution is -0.206. The van der Waals surface area contributed by atoms with Crippen molar-refractivity contribution in [3.05, 3.63) is 42.5 Å². The van der Waals surface area contributed by atoms with Crippen molar-refractivity contribution in [1.29, 1.82) is 0 Å². The second-order valence-corrected chi connectivity index (χ2v) is 3.26. The zero-order valence-electron chi connectivity index (χ0n) is 8.66. The van der Waals surface area contributed by atoms with Crippen LogP contribution < -0.4 is 5.32 Å². The normalized spacial score (nSPS) is 12.9. The molecule has 0 saturated heterocycles. The van der Waals surface area contributed by atoms with Crippen molar-refractivity contribution in [2.24, 2.45) is 0 Å². The summed E-state index contributed by atoms with van der Waals surface area (Å²) in [6, 6.07) is 4.73. The molecule has 0 aliphatic heterocycles. The summed E-state index contributed by atoms with van der Waals surface area (Å²) < 4.78 is 36.5. The summed E-state index contributed by atoms with van der Waals surface area (Å²) >= 11 is 0. The van der Waals surface area contributed by atoms with Crippen LogP contribution in [0.5, 0.6) is 0 Å². The topological polar surface area (TPSA) is 49.3 Å². The van der Waals surface area contributed by atoms with E-state index in [9.17, 15) is 18.0 Å². The smallest absolute Gasteiger partial charge is 0.379 e. The van der Waals surface area contributed by atoms with Crippen molar-refractivity contribution in [2.45, 2.75) is 12.3 Å². The zero-order chi connectivity index (χ0) is 13.1. The van der Waals surface area contributed by atoms with Gasteiger partial charge < -0.3 is 10.4 Å². The summed E-state index contributed by atoms with van der Waals surface area (Å²) in [4.78, 5) is 10.9. The SMILES string of the molecule is C=CC(=O)Nc1ccc(C(O)C(F)(F)F)cc1. The molecule has 0 saturated carbocycles. The minimum absolute atomic E-state index is 0.283. The van der Waals surface area contributed by atoms with E-state index in [4.69, 9.17) is 5.11 Å². The van der Waals surface area contributed by atoms with E-state index in [1.54, 1.807) is 0 Å². The van der Waals surface area contributed by atoms with Gasteiger partial charge in [0.05, 0.1) is 0 Å². The van der Waals surface area contributed by atoms with E-state index >= 15 is 0 Å². The van der Waals surface area contributed by atoms with Crippen molar-refractivity contribution >= 4 is 11.6 Å². The summed E-state index contributed by atoms with van der Waals surface area (Å²) in [7, 11) is 0. The number of nitrogens with one attached hydrogen (secondary N) is 1. The van der Waals surface area contributed by atoms with Crippen LogP contribution in [0.2, 0.25) is 0 Å². The highest BCUT2D eigenvalue weighted by molar-refractivity contribution is 5.98. The van der Waals surface area contributed by atoms with Crippen molar-refractivity contribution in [1.82, 2.24) is 0 Å². The predicted molar refractivity (Wildman–Crippen MR) is 56.3 cm³/mol. The molecule has 1 amide bonds. The van der Waals surface area contributed by atoms with Crippen LogP contribution in [-0.4, -0.2) is 17.2 Å². The van der Waals surface area contributed by atoms with Crippen LogP contribution in [0, 0.1) is 0 Å². The molecule has 0 aliphatic rings. The van der Waals surface area contributed by atoms with E-state index in [0.29, 0.717) is 5.69 Å². The standard InChI is InChI=1S/C11H10F3NO2/c1-2-9(16)15-8-5-3-7(4-6-8)10(17)11(12,13)14/h2-6,10,17H,1H2,(H,15,16). The molecule has 1 unspecified atom stereocenters. The van der Waals surface area contributed by atoms with Gasteiger partial charge in [-0.15, -0.1) is 0 Å². The molecular formula is C11H10F3NO2. The lowest BCUT2D eigenvalue weighted by atomic mass is 10.1. The van der Waals surface area contributed by atoms with Gasteiger partial charge in [0.15, 0.2) is 6.10 Å². The number of anilines is 1.